The number of carbonyl (C=O) groups excluding carboxylic acids is 1. The van der Waals surface area contributed by atoms with Crippen LogP contribution in [0.1, 0.15) is 41.4 Å². The van der Waals surface area contributed by atoms with Crippen LogP contribution < -0.4 is 9.64 Å². The van der Waals surface area contributed by atoms with Gasteiger partial charge in [0, 0.05) is 22.8 Å². The summed E-state index contributed by atoms with van der Waals surface area (Å²) in [7, 11) is 0. The molecule has 140 valence electrons. The highest BCUT2D eigenvalue weighted by atomic mass is 16.5. The van der Waals surface area contributed by atoms with Crippen LogP contribution in [0.25, 0.3) is 21.7 Å². The molecule has 5 nitrogen and oxygen atoms in total. The highest BCUT2D eigenvalue weighted by Gasteiger charge is 2.32. The van der Waals surface area contributed by atoms with Crippen LogP contribution in [0.15, 0.2) is 28.7 Å². The van der Waals surface area contributed by atoms with Crippen molar-refractivity contribution >= 4 is 27.5 Å². The molecule has 1 aromatic heterocycles. The predicted octanol–water partition coefficient (Wildman–Crippen LogP) is 3.01. The molecule has 1 fully saturated rings. The fourth-order valence-electron chi connectivity index (χ4n) is 4.67. The number of quaternary nitrogens is 1. The zero-order valence-corrected chi connectivity index (χ0v) is 15.8. The van der Waals surface area contributed by atoms with E-state index in [-0.39, 0.29) is 5.78 Å². The summed E-state index contributed by atoms with van der Waals surface area (Å²) in [5.74, 6) is 1.62. The Balaban J connectivity index is 1.70. The number of Topliss-reactive ketones (excluding diaryl/α,β-unsaturated/α-hetero) is 1. The molecule has 27 heavy (non-hydrogen) atoms. The molecule has 2 aromatic carbocycles. The lowest BCUT2D eigenvalue weighted by atomic mass is 9.95. The largest absolute Gasteiger partial charge is 0.460 e. The van der Waals surface area contributed by atoms with Crippen molar-refractivity contribution in [3.8, 4) is 5.75 Å². The molecule has 2 aliphatic rings. The van der Waals surface area contributed by atoms with E-state index in [1.54, 1.807) is 6.92 Å². The van der Waals surface area contributed by atoms with Gasteiger partial charge in [0.2, 0.25) is 6.73 Å². The molecule has 0 bridgehead atoms. The van der Waals surface area contributed by atoms with Crippen LogP contribution in [0.5, 0.6) is 5.75 Å². The Morgan fingerprint density at radius 3 is 2.81 bits per heavy atom. The number of benzene rings is 2. The first-order valence-electron chi connectivity index (χ1n) is 9.69. The van der Waals surface area contributed by atoms with Crippen LogP contribution in [0.3, 0.4) is 0 Å². The number of hydrogen-bond donors (Lipinski definition) is 1. The smallest absolute Gasteiger partial charge is 0.222 e. The van der Waals surface area contributed by atoms with Crippen LogP contribution in [-0.2, 0) is 11.3 Å². The zero-order valence-electron chi connectivity index (χ0n) is 15.8. The van der Waals surface area contributed by atoms with E-state index in [1.165, 1.54) is 4.90 Å². The average Bonchev–Trinajstić information content (AvgIpc) is 3.29. The third kappa shape index (κ3) is 2.65. The lowest BCUT2D eigenvalue weighted by Gasteiger charge is -2.29. The van der Waals surface area contributed by atoms with Gasteiger partial charge in [-0.2, -0.15) is 0 Å². The van der Waals surface area contributed by atoms with E-state index in [9.17, 15) is 4.79 Å². The van der Waals surface area contributed by atoms with Crippen molar-refractivity contribution in [2.24, 2.45) is 0 Å². The number of ketones is 1. The summed E-state index contributed by atoms with van der Waals surface area (Å²) in [4.78, 5) is 13.7. The monoisotopic (exact) mass is 366 g/mol. The second-order valence-electron chi connectivity index (χ2n) is 7.70. The molecule has 5 heteroatoms. The number of furan rings is 1. The third-order valence-corrected chi connectivity index (χ3v) is 5.82. The molecule has 2 atom stereocenters. The standard InChI is InChI=1S/C22H23NO4/c1-13(24)19-14(2)27-22-17-8-4-3-7-16(17)21-18(20(19)22)11-23(12-26-21)10-15-6-5-9-25-15/h3-4,7-8,15H,5-6,9-12H2,1-2H3/p+1/t15-/m0/s1. The van der Waals surface area contributed by atoms with E-state index < -0.39 is 0 Å². The van der Waals surface area contributed by atoms with E-state index in [2.05, 4.69) is 6.07 Å². The Kier molecular flexibility index (Phi) is 3.95. The Hall–Kier alpha value is -2.37. The van der Waals surface area contributed by atoms with Crippen molar-refractivity contribution in [1.29, 1.82) is 0 Å². The van der Waals surface area contributed by atoms with Crippen LogP contribution in [-0.4, -0.2) is 31.8 Å². The van der Waals surface area contributed by atoms with Gasteiger partial charge in [0.25, 0.3) is 0 Å². The van der Waals surface area contributed by atoms with Crippen LogP contribution >= 0.6 is 0 Å². The van der Waals surface area contributed by atoms with Crippen molar-refractivity contribution in [3.05, 3.63) is 41.2 Å². The number of fused-ring (bicyclic) bond motifs is 6. The highest BCUT2D eigenvalue weighted by molar-refractivity contribution is 6.17. The maximum absolute atomic E-state index is 12.4. The van der Waals surface area contributed by atoms with E-state index in [4.69, 9.17) is 13.9 Å². The number of aryl methyl sites for hydroxylation is 1. The first-order valence-corrected chi connectivity index (χ1v) is 9.69. The molecule has 0 saturated carbocycles. The molecular formula is C22H24NO4+. The Morgan fingerprint density at radius 1 is 1.26 bits per heavy atom. The van der Waals surface area contributed by atoms with E-state index in [0.717, 1.165) is 65.6 Å². The van der Waals surface area contributed by atoms with Crippen molar-refractivity contribution in [2.45, 2.75) is 39.3 Å². The molecule has 1 N–H and O–H groups in total. The van der Waals surface area contributed by atoms with Crippen LogP contribution in [0.2, 0.25) is 0 Å². The first kappa shape index (κ1) is 16.8. The number of nitrogens with one attached hydrogen (secondary N) is 1. The predicted molar refractivity (Wildman–Crippen MR) is 102 cm³/mol. The second kappa shape index (κ2) is 6.36. The van der Waals surface area contributed by atoms with Crippen LogP contribution in [0.4, 0.5) is 0 Å². The fourth-order valence-corrected chi connectivity index (χ4v) is 4.67. The maximum atomic E-state index is 12.4. The SMILES string of the molecule is CC(=O)c1c(C)oc2c1c1c(c3ccccc32)OC[NH+](C[C@@H]2CCCO2)C1. The molecule has 0 spiro atoms. The third-order valence-electron chi connectivity index (χ3n) is 5.82. The van der Waals surface area contributed by atoms with Gasteiger partial charge in [-0.3, -0.25) is 9.69 Å². The number of rotatable bonds is 3. The molecule has 5 rings (SSSR count). The van der Waals surface area contributed by atoms with Crippen molar-refractivity contribution in [3.63, 3.8) is 0 Å². The van der Waals surface area contributed by atoms with Gasteiger partial charge in [0.1, 0.15) is 36.3 Å². The van der Waals surface area contributed by atoms with Gasteiger partial charge in [-0.25, -0.2) is 0 Å². The number of carbonyl (C=O) groups is 1. The molecule has 1 unspecified atom stereocenters. The second-order valence-corrected chi connectivity index (χ2v) is 7.70. The minimum Gasteiger partial charge on any atom is -0.460 e. The van der Waals surface area contributed by atoms with Gasteiger partial charge >= 0.3 is 0 Å². The molecule has 3 heterocycles. The van der Waals surface area contributed by atoms with Gasteiger partial charge in [-0.05, 0) is 26.7 Å². The van der Waals surface area contributed by atoms with Gasteiger partial charge < -0.3 is 13.9 Å². The first-order chi connectivity index (χ1) is 13.1. The summed E-state index contributed by atoms with van der Waals surface area (Å²) >= 11 is 0. The number of ether oxygens (including phenoxy) is 2. The minimum atomic E-state index is 0.0370. The van der Waals surface area contributed by atoms with Crippen LogP contribution in [0, 0.1) is 6.92 Å². The van der Waals surface area contributed by atoms with Crippen molar-refractivity contribution in [2.75, 3.05) is 19.9 Å². The highest BCUT2D eigenvalue weighted by Crippen LogP contribution is 2.42. The normalized spacial score (nSPS) is 22.1. The number of hydrogen-bond acceptors (Lipinski definition) is 4. The lowest BCUT2D eigenvalue weighted by Crippen LogP contribution is -3.13. The molecule has 3 aromatic rings. The molecule has 2 aliphatic heterocycles. The summed E-state index contributed by atoms with van der Waals surface area (Å²) in [6.45, 7) is 6.71. The fraction of sp³-hybridized carbons (Fsp3) is 0.409. The summed E-state index contributed by atoms with van der Waals surface area (Å²) in [5.41, 5.74) is 2.58. The van der Waals surface area contributed by atoms with Gasteiger partial charge in [-0.1, -0.05) is 24.3 Å². The van der Waals surface area contributed by atoms with Crippen molar-refractivity contribution in [1.82, 2.24) is 0 Å². The van der Waals surface area contributed by atoms with Gasteiger partial charge in [0.05, 0.1) is 11.1 Å². The minimum absolute atomic E-state index is 0.0370. The molecular weight excluding hydrogens is 342 g/mol. The van der Waals surface area contributed by atoms with E-state index in [0.29, 0.717) is 24.2 Å². The molecule has 0 aliphatic carbocycles. The zero-order chi connectivity index (χ0) is 18.5. The molecule has 0 amide bonds. The Labute approximate surface area is 157 Å². The van der Waals surface area contributed by atoms with E-state index in [1.807, 2.05) is 25.1 Å². The maximum Gasteiger partial charge on any atom is 0.222 e. The molecule has 0 radical (unpaired) electrons. The quantitative estimate of drug-likeness (QED) is 0.724. The summed E-state index contributed by atoms with van der Waals surface area (Å²) in [5, 5.41) is 2.99. The Morgan fingerprint density at radius 2 is 2.07 bits per heavy atom. The topological polar surface area (TPSA) is 53.1 Å². The molecule has 1 saturated heterocycles. The van der Waals surface area contributed by atoms with Gasteiger partial charge in [-0.15, -0.1) is 0 Å². The van der Waals surface area contributed by atoms with Gasteiger partial charge in [0.15, 0.2) is 5.78 Å². The lowest BCUT2D eigenvalue weighted by molar-refractivity contribution is -0.935. The average molecular weight is 366 g/mol. The Bertz CT molecular complexity index is 1050. The summed E-state index contributed by atoms with van der Waals surface area (Å²) in [6, 6.07) is 8.13. The van der Waals surface area contributed by atoms with E-state index >= 15 is 0 Å². The summed E-state index contributed by atoms with van der Waals surface area (Å²) < 4.78 is 18.2. The summed E-state index contributed by atoms with van der Waals surface area (Å²) in [6.07, 6.45) is 2.56. The van der Waals surface area contributed by atoms with Crippen molar-refractivity contribution < 1.29 is 23.6 Å².